The van der Waals surface area contributed by atoms with E-state index in [1.54, 1.807) is 11.0 Å². The van der Waals surface area contributed by atoms with Crippen molar-refractivity contribution in [1.82, 2.24) is 4.90 Å². The number of likely N-dealkylation sites (tertiary alicyclic amines) is 1. The van der Waals surface area contributed by atoms with Gasteiger partial charge in [0, 0.05) is 18.7 Å². The van der Waals surface area contributed by atoms with E-state index in [1.807, 2.05) is 0 Å². The van der Waals surface area contributed by atoms with Crippen molar-refractivity contribution in [2.75, 3.05) is 13.1 Å². The summed E-state index contributed by atoms with van der Waals surface area (Å²) < 4.78 is 41.2. The summed E-state index contributed by atoms with van der Waals surface area (Å²) in [4.78, 5) is 13.0. The number of amides is 1. The first kappa shape index (κ1) is 16.6. The molecule has 1 aliphatic rings. The molecule has 0 spiro atoms. The summed E-state index contributed by atoms with van der Waals surface area (Å²) in [5.41, 5.74) is 3.87. The molecule has 0 radical (unpaired) electrons. The first-order valence-corrected chi connectivity index (χ1v) is 6.78. The number of nitrogens with two attached hydrogens (primary N) is 1. The Hall–Kier alpha value is -1.80. The maximum Gasteiger partial charge on any atom is 0.573 e. The number of hydrogen-bond acceptors (Lipinski definition) is 4. The van der Waals surface area contributed by atoms with Crippen LogP contribution in [0.25, 0.3) is 0 Å². The summed E-state index contributed by atoms with van der Waals surface area (Å²) in [5.74, 6) is -1.11. The van der Waals surface area contributed by atoms with Crippen LogP contribution in [0.15, 0.2) is 24.3 Å². The molecule has 1 aromatic carbocycles. The molecular formula is C14H17F3N2O3. The number of rotatable bonds is 4. The number of piperidine rings is 1. The Bertz CT molecular complexity index is 550. The van der Waals surface area contributed by atoms with Crippen LogP contribution in [0.2, 0.25) is 0 Å². The van der Waals surface area contributed by atoms with Crippen molar-refractivity contribution in [3.05, 3.63) is 29.8 Å². The minimum atomic E-state index is -4.77. The normalized spacial score (nSPS) is 23.3. The van der Waals surface area contributed by atoms with E-state index in [0.29, 0.717) is 18.5 Å². The molecule has 1 atom stereocenters. The first-order valence-electron chi connectivity index (χ1n) is 6.78. The van der Waals surface area contributed by atoms with Crippen LogP contribution in [-0.2, 0) is 11.3 Å². The van der Waals surface area contributed by atoms with Crippen molar-refractivity contribution < 1.29 is 27.8 Å². The molecule has 1 aliphatic heterocycles. The Labute approximate surface area is 125 Å². The molecule has 5 nitrogen and oxygen atoms in total. The fourth-order valence-electron chi connectivity index (χ4n) is 2.56. The molecule has 122 valence electrons. The van der Waals surface area contributed by atoms with Gasteiger partial charge in [0.15, 0.2) is 5.60 Å². The van der Waals surface area contributed by atoms with Crippen molar-refractivity contribution in [3.8, 4) is 5.75 Å². The molecular weight excluding hydrogens is 301 g/mol. The number of benzene rings is 1. The quantitative estimate of drug-likeness (QED) is 0.880. The van der Waals surface area contributed by atoms with Crippen LogP contribution in [-0.4, -0.2) is 41.0 Å². The molecule has 3 N–H and O–H groups in total. The molecule has 0 aliphatic carbocycles. The summed E-state index contributed by atoms with van der Waals surface area (Å²) in [6, 6.07) is 5.79. The van der Waals surface area contributed by atoms with Gasteiger partial charge in [-0.15, -0.1) is 13.2 Å². The zero-order chi connectivity index (χ0) is 16.4. The fraction of sp³-hybridized carbons (Fsp3) is 0.500. The largest absolute Gasteiger partial charge is 0.573 e. The number of nitrogens with zero attached hydrogens (tertiary/aromatic N) is 1. The maximum absolute atomic E-state index is 12.4. The van der Waals surface area contributed by atoms with E-state index in [2.05, 4.69) is 4.74 Å². The summed E-state index contributed by atoms with van der Waals surface area (Å²) in [7, 11) is 0. The van der Waals surface area contributed by atoms with Crippen LogP contribution in [0, 0.1) is 0 Å². The van der Waals surface area contributed by atoms with Gasteiger partial charge >= 0.3 is 6.36 Å². The molecule has 8 heteroatoms. The second-order valence-corrected chi connectivity index (χ2v) is 5.37. The van der Waals surface area contributed by atoms with Crippen LogP contribution in [0.1, 0.15) is 18.4 Å². The van der Waals surface area contributed by atoms with Gasteiger partial charge in [-0.25, -0.2) is 0 Å². The molecule has 1 amide bonds. The number of carbonyl (C=O) groups is 1. The van der Waals surface area contributed by atoms with E-state index in [-0.39, 0.29) is 25.3 Å². The maximum atomic E-state index is 12.4. The zero-order valence-corrected chi connectivity index (χ0v) is 11.8. The van der Waals surface area contributed by atoms with Crippen molar-refractivity contribution in [3.63, 3.8) is 0 Å². The van der Waals surface area contributed by atoms with Crippen LogP contribution in [0.5, 0.6) is 5.75 Å². The highest BCUT2D eigenvalue weighted by molar-refractivity contribution is 5.83. The third-order valence-electron chi connectivity index (χ3n) is 3.60. The molecule has 0 unspecified atom stereocenters. The summed E-state index contributed by atoms with van der Waals surface area (Å²) in [6.45, 7) is 0.667. The fourth-order valence-corrected chi connectivity index (χ4v) is 2.56. The van der Waals surface area contributed by atoms with E-state index in [0.717, 1.165) is 0 Å². The van der Waals surface area contributed by atoms with Crippen LogP contribution in [0.3, 0.4) is 0 Å². The highest BCUT2D eigenvalue weighted by Crippen LogP contribution is 2.29. The zero-order valence-electron chi connectivity index (χ0n) is 11.8. The minimum Gasteiger partial charge on any atom is -0.405 e. The number of β-amino-alcohol motifs (C(OH)–C–C–N with tert-alkyl or cyclic N) is 1. The Morgan fingerprint density at radius 2 is 2.09 bits per heavy atom. The van der Waals surface area contributed by atoms with Gasteiger partial charge in [-0.2, -0.15) is 0 Å². The van der Waals surface area contributed by atoms with E-state index in [1.165, 1.54) is 18.2 Å². The number of para-hydroxylation sites is 1. The average molecular weight is 318 g/mol. The minimum absolute atomic E-state index is 0.0112. The lowest BCUT2D eigenvalue weighted by Crippen LogP contribution is -2.55. The van der Waals surface area contributed by atoms with E-state index >= 15 is 0 Å². The van der Waals surface area contributed by atoms with Crippen molar-refractivity contribution in [1.29, 1.82) is 0 Å². The molecule has 0 bridgehead atoms. The Morgan fingerprint density at radius 3 is 2.73 bits per heavy atom. The van der Waals surface area contributed by atoms with E-state index in [4.69, 9.17) is 5.73 Å². The third-order valence-corrected chi connectivity index (χ3v) is 3.60. The monoisotopic (exact) mass is 318 g/mol. The van der Waals surface area contributed by atoms with Gasteiger partial charge in [0.1, 0.15) is 5.75 Å². The van der Waals surface area contributed by atoms with E-state index in [9.17, 15) is 23.1 Å². The van der Waals surface area contributed by atoms with Gasteiger partial charge in [-0.3, -0.25) is 9.69 Å². The highest BCUT2D eigenvalue weighted by atomic mass is 19.4. The Morgan fingerprint density at radius 1 is 1.41 bits per heavy atom. The lowest BCUT2D eigenvalue weighted by Gasteiger charge is -2.37. The number of halogens is 3. The number of hydrogen-bond donors (Lipinski definition) is 2. The van der Waals surface area contributed by atoms with Gasteiger partial charge < -0.3 is 15.6 Å². The topological polar surface area (TPSA) is 75.8 Å². The van der Waals surface area contributed by atoms with Crippen LogP contribution in [0.4, 0.5) is 13.2 Å². The van der Waals surface area contributed by atoms with Crippen molar-refractivity contribution in [2.24, 2.45) is 5.73 Å². The average Bonchev–Trinajstić information content (AvgIpc) is 2.39. The summed E-state index contributed by atoms with van der Waals surface area (Å²) in [6.07, 6.45) is -3.99. The number of aliphatic hydroxyl groups is 1. The highest BCUT2D eigenvalue weighted by Gasteiger charge is 2.39. The lowest BCUT2D eigenvalue weighted by molar-refractivity contribution is -0.275. The number of ether oxygens (including phenoxy) is 1. The van der Waals surface area contributed by atoms with E-state index < -0.39 is 17.9 Å². The number of primary amides is 1. The molecule has 1 heterocycles. The lowest BCUT2D eigenvalue weighted by atomic mass is 9.92. The van der Waals surface area contributed by atoms with Gasteiger partial charge in [0.2, 0.25) is 0 Å². The first-order chi connectivity index (χ1) is 10.2. The molecule has 1 aromatic rings. The van der Waals surface area contributed by atoms with Gasteiger partial charge in [0.05, 0.1) is 0 Å². The predicted octanol–water partition coefficient (Wildman–Crippen LogP) is 1.40. The molecule has 2 rings (SSSR count). The molecule has 22 heavy (non-hydrogen) atoms. The Balaban J connectivity index is 2.12. The van der Waals surface area contributed by atoms with Crippen molar-refractivity contribution in [2.45, 2.75) is 31.3 Å². The van der Waals surface area contributed by atoms with Crippen molar-refractivity contribution >= 4 is 5.91 Å². The van der Waals surface area contributed by atoms with Gasteiger partial charge in [-0.1, -0.05) is 18.2 Å². The van der Waals surface area contributed by atoms with Gasteiger partial charge in [-0.05, 0) is 25.5 Å². The number of carbonyl (C=O) groups excluding carboxylic acids is 1. The second kappa shape index (κ2) is 6.13. The summed E-state index contributed by atoms with van der Waals surface area (Å²) >= 11 is 0. The predicted molar refractivity (Wildman–Crippen MR) is 71.8 cm³/mol. The summed E-state index contributed by atoms with van der Waals surface area (Å²) in [5, 5.41) is 10.1. The molecule has 0 aromatic heterocycles. The molecule has 1 fully saturated rings. The van der Waals surface area contributed by atoms with Gasteiger partial charge in [0.25, 0.3) is 5.91 Å². The smallest absolute Gasteiger partial charge is 0.405 e. The SMILES string of the molecule is NC(=O)[C@]1(O)CCCN(Cc2ccccc2OC(F)(F)F)C1. The standard InChI is InChI=1S/C14H17F3N2O3/c15-14(16,17)22-11-5-2-1-4-10(11)8-19-7-3-6-13(21,9-19)12(18)20/h1-2,4-5,21H,3,6-9H2,(H2,18,20)/t13-/m0/s1. The third kappa shape index (κ3) is 4.11. The Kier molecular flexibility index (Phi) is 4.62. The number of alkyl halides is 3. The molecule has 0 saturated carbocycles. The van der Waals surface area contributed by atoms with Crippen LogP contribution < -0.4 is 10.5 Å². The van der Waals surface area contributed by atoms with Crippen LogP contribution >= 0.6 is 0 Å². The second-order valence-electron chi connectivity index (χ2n) is 5.37. The molecule has 1 saturated heterocycles.